The van der Waals surface area contributed by atoms with Crippen molar-refractivity contribution in [3.63, 3.8) is 0 Å². The number of aromatic nitrogens is 1. The quantitative estimate of drug-likeness (QED) is 0.484. The number of likely N-dealkylation sites (tertiary alicyclic amines) is 1. The van der Waals surface area contributed by atoms with Crippen molar-refractivity contribution in [2.45, 2.75) is 31.8 Å². The van der Waals surface area contributed by atoms with Crippen molar-refractivity contribution in [3.8, 4) is 5.75 Å². The Kier molecular flexibility index (Phi) is 6.18. The first-order chi connectivity index (χ1) is 15.0. The largest absolute Gasteiger partial charge is 0.497 e. The number of anilines is 2. The van der Waals surface area contributed by atoms with Gasteiger partial charge in [-0.05, 0) is 74.3 Å². The molecule has 0 N–H and O–H groups in total. The van der Waals surface area contributed by atoms with E-state index in [9.17, 15) is 8.78 Å². The molecule has 3 aromatic rings. The van der Waals surface area contributed by atoms with Gasteiger partial charge in [0.1, 0.15) is 23.2 Å². The van der Waals surface area contributed by atoms with Gasteiger partial charge in [0.25, 0.3) is 0 Å². The minimum absolute atomic E-state index is 0.0273. The van der Waals surface area contributed by atoms with Gasteiger partial charge in [0, 0.05) is 30.4 Å². The fraction of sp³-hybridized carbons (Fsp3) is 0.320. The molecule has 31 heavy (non-hydrogen) atoms. The van der Waals surface area contributed by atoms with Crippen molar-refractivity contribution in [1.82, 2.24) is 9.88 Å². The maximum absolute atomic E-state index is 14.9. The summed E-state index contributed by atoms with van der Waals surface area (Å²) < 4.78 is 33.4. The van der Waals surface area contributed by atoms with Crippen LogP contribution in [0.15, 0.2) is 60.8 Å². The Morgan fingerprint density at radius 2 is 1.81 bits per heavy atom. The van der Waals surface area contributed by atoms with Crippen LogP contribution < -0.4 is 9.64 Å². The minimum atomic E-state index is -0.296. The molecule has 6 heteroatoms. The fourth-order valence-electron chi connectivity index (χ4n) is 4.34. The first-order valence-electron chi connectivity index (χ1n) is 10.5. The number of benzene rings is 2. The highest BCUT2D eigenvalue weighted by Crippen LogP contribution is 2.40. The summed E-state index contributed by atoms with van der Waals surface area (Å²) in [6.45, 7) is 3.06. The number of nitrogens with zero attached hydrogens (tertiary/aromatic N) is 3. The van der Waals surface area contributed by atoms with Gasteiger partial charge in [-0.1, -0.05) is 12.1 Å². The molecule has 2 aromatic carbocycles. The number of rotatable bonds is 6. The Morgan fingerprint density at radius 1 is 1.10 bits per heavy atom. The summed E-state index contributed by atoms with van der Waals surface area (Å²) in [6.07, 6.45) is 3.19. The van der Waals surface area contributed by atoms with Gasteiger partial charge in [0.05, 0.1) is 13.3 Å². The van der Waals surface area contributed by atoms with Crippen LogP contribution in [-0.4, -0.2) is 30.6 Å². The molecule has 0 unspecified atom stereocenters. The van der Waals surface area contributed by atoms with E-state index in [0.29, 0.717) is 11.4 Å². The molecule has 1 aliphatic rings. The summed E-state index contributed by atoms with van der Waals surface area (Å²) in [6, 6.07) is 16.2. The summed E-state index contributed by atoms with van der Waals surface area (Å²) >= 11 is 0. The highest BCUT2D eigenvalue weighted by molar-refractivity contribution is 5.59. The first kappa shape index (κ1) is 21.2. The standard InChI is InChI=1S/C25H27F2N3O/c1-17(18-6-12-21(31-3)13-7-18)30-14-4-5-24(30)22-15-25(28-16-23(22)27)29(2)20-10-8-19(26)9-11-20/h6-13,15-17,24H,4-5,14H2,1-3H3/t17-,24+/m1/s1. The van der Waals surface area contributed by atoms with Crippen molar-refractivity contribution >= 4 is 11.5 Å². The fourth-order valence-corrected chi connectivity index (χ4v) is 4.34. The van der Waals surface area contributed by atoms with Gasteiger partial charge in [-0.3, -0.25) is 4.90 Å². The molecule has 1 aliphatic heterocycles. The van der Waals surface area contributed by atoms with E-state index >= 15 is 0 Å². The molecule has 4 nitrogen and oxygen atoms in total. The molecule has 0 aliphatic carbocycles. The molecule has 0 saturated carbocycles. The summed E-state index contributed by atoms with van der Waals surface area (Å²) in [5.74, 6) is 0.864. The van der Waals surface area contributed by atoms with Gasteiger partial charge in [0.2, 0.25) is 0 Å². The van der Waals surface area contributed by atoms with Crippen LogP contribution in [-0.2, 0) is 0 Å². The van der Waals surface area contributed by atoms with Gasteiger partial charge in [-0.2, -0.15) is 0 Å². The third kappa shape index (κ3) is 4.39. The molecule has 1 fully saturated rings. The SMILES string of the molecule is COc1ccc([C@@H](C)N2CCC[C@H]2c2cc(N(C)c3ccc(F)cc3)ncc2F)cc1. The number of hydrogen-bond donors (Lipinski definition) is 0. The van der Waals surface area contributed by atoms with E-state index in [1.807, 2.05) is 30.1 Å². The maximum Gasteiger partial charge on any atom is 0.146 e. The lowest BCUT2D eigenvalue weighted by molar-refractivity contribution is 0.190. The molecule has 0 spiro atoms. The minimum Gasteiger partial charge on any atom is -0.497 e. The lowest BCUT2D eigenvalue weighted by atomic mass is 10.0. The molecule has 1 saturated heterocycles. The van der Waals surface area contributed by atoms with E-state index in [1.54, 1.807) is 19.2 Å². The van der Waals surface area contributed by atoms with Crippen molar-refractivity contribution < 1.29 is 13.5 Å². The molecule has 2 atom stereocenters. The van der Waals surface area contributed by atoms with E-state index in [-0.39, 0.29) is 23.7 Å². The Hall–Kier alpha value is -2.99. The van der Waals surface area contributed by atoms with Gasteiger partial charge < -0.3 is 9.64 Å². The van der Waals surface area contributed by atoms with Gasteiger partial charge in [0.15, 0.2) is 0 Å². The number of methoxy groups -OCH3 is 1. The van der Waals surface area contributed by atoms with Gasteiger partial charge in [-0.15, -0.1) is 0 Å². The summed E-state index contributed by atoms with van der Waals surface area (Å²) in [4.78, 5) is 8.47. The van der Waals surface area contributed by atoms with Gasteiger partial charge >= 0.3 is 0 Å². The second kappa shape index (κ2) is 9.02. The molecule has 2 heterocycles. The predicted molar refractivity (Wildman–Crippen MR) is 119 cm³/mol. The van der Waals surface area contributed by atoms with E-state index in [2.05, 4.69) is 28.9 Å². The number of hydrogen-bond acceptors (Lipinski definition) is 4. The summed E-state index contributed by atoms with van der Waals surface area (Å²) in [7, 11) is 3.51. The molecule has 0 amide bonds. The molecular weight excluding hydrogens is 396 g/mol. The lowest BCUT2D eigenvalue weighted by Crippen LogP contribution is -2.27. The second-order valence-corrected chi connectivity index (χ2v) is 7.94. The molecule has 162 valence electrons. The predicted octanol–water partition coefficient (Wildman–Crippen LogP) is 6.03. The zero-order chi connectivity index (χ0) is 22.0. The number of halogens is 2. The summed E-state index contributed by atoms with van der Waals surface area (Å²) in [5, 5.41) is 0. The summed E-state index contributed by atoms with van der Waals surface area (Å²) in [5.41, 5.74) is 2.61. The van der Waals surface area contributed by atoms with Crippen LogP contribution >= 0.6 is 0 Å². The average molecular weight is 424 g/mol. The van der Waals surface area contributed by atoms with Crippen molar-refractivity contribution in [3.05, 3.63) is 83.6 Å². The van der Waals surface area contributed by atoms with E-state index in [4.69, 9.17) is 4.74 Å². The van der Waals surface area contributed by atoms with Crippen molar-refractivity contribution in [1.29, 1.82) is 0 Å². The molecular formula is C25H27F2N3O. The molecule has 1 aromatic heterocycles. The van der Waals surface area contributed by atoms with E-state index < -0.39 is 0 Å². The van der Waals surface area contributed by atoms with Crippen molar-refractivity contribution in [2.75, 3.05) is 25.6 Å². The molecule has 0 radical (unpaired) electrons. The van der Waals surface area contributed by atoms with Crippen LogP contribution in [0.4, 0.5) is 20.3 Å². The monoisotopic (exact) mass is 423 g/mol. The first-order valence-corrected chi connectivity index (χ1v) is 10.5. The van der Waals surface area contributed by atoms with Crippen LogP contribution in [0.2, 0.25) is 0 Å². The third-order valence-corrected chi connectivity index (χ3v) is 6.18. The van der Waals surface area contributed by atoms with Gasteiger partial charge in [-0.25, -0.2) is 13.8 Å². The Bertz CT molecular complexity index is 1020. The second-order valence-electron chi connectivity index (χ2n) is 7.94. The Morgan fingerprint density at radius 3 is 2.48 bits per heavy atom. The van der Waals surface area contributed by atoms with E-state index in [1.165, 1.54) is 23.9 Å². The number of ether oxygens (including phenoxy) is 1. The van der Waals surface area contributed by atoms with Crippen LogP contribution in [0, 0.1) is 11.6 Å². The van der Waals surface area contributed by atoms with Crippen LogP contribution in [0.25, 0.3) is 0 Å². The lowest BCUT2D eigenvalue weighted by Gasteiger charge is -2.32. The Balaban J connectivity index is 1.61. The highest BCUT2D eigenvalue weighted by atomic mass is 19.1. The van der Waals surface area contributed by atoms with Crippen molar-refractivity contribution in [2.24, 2.45) is 0 Å². The maximum atomic E-state index is 14.9. The highest BCUT2D eigenvalue weighted by Gasteiger charge is 2.32. The normalized spacial score (nSPS) is 17.5. The van der Waals surface area contributed by atoms with Crippen LogP contribution in [0.3, 0.4) is 0 Å². The smallest absolute Gasteiger partial charge is 0.146 e. The third-order valence-electron chi connectivity index (χ3n) is 6.18. The Labute approximate surface area is 182 Å². The van der Waals surface area contributed by atoms with E-state index in [0.717, 1.165) is 30.8 Å². The topological polar surface area (TPSA) is 28.6 Å². The molecule has 0 bridgehead atoms. The van der Waals surface area contributed by atoms with Crippen LogP contribution in [0.5, 0.6) is 5.75 Å². The zero-order valence-corrected chi connectivity index (χ0v) is 18.1. The average Bonchev–Trinajstić information content (AvgIpc) is 3.28. The van der Waals surface area contributed by atoms with Crippen LogP contribution in [0.1, 0.15) is 43.0 Å². The molecule has 4 rings (SSSR count). The zero-order valence-electron chi connectivity index (χ0n) is 18.1. The number of pyridine rings is 1.